The number of benzene rings is 1. The van der Waals surface area contributed by atoms with Crippen LogP contribution < -0.4 is 19.5 Å². The zero-order valence-electron chi connectivity index (χ0n) is 10.2. The van der Waals surface area contributed by atoms with Gasteiger partial charge in [0.1, 0.15) is 5.75 Å². The molecule has 0 aliphatic heterocycles. The highest BCUT2D eigenvalue weighted by molar-refractivity contribution is 5.87. The lowest BCUT2D eigenvalue weighted by molar-refractivity contribution is 0.186. The van der Waals surface area contributed by atoms with Crippen molar-refractivity contribution >= 4 is 11.8 Å². The number of carbonyl (C=O) groups is 1. The largest absolute Gasteiger partial charge is 0.494 e. The van der Waals surface area contributed by atoms with Crippen LogP contribution in [-0.2, 0) is 4.74 Å². The molecule has 0 heterocycles. The second-order valence-electron chi connectivity index (χ2n) is 3.02. The lowest BCUT2D eigenvalue weighted by Gasteiger charge is -2.14. The maximum Gasteiger partial charge on any atom is 0.411 e. The van der Waals surface area contributed by atoms with Gasteiger partial charge in [0.2, 0.25) is 0 Å². The van der Waals surface area contributed by atoms with Crippen molar-refractivity contribution in [3.05, 3.63) is 12.1 Å². The Morgan fingerprint density at radius 1 is 0.941 bits per heavy atom. The van der Waals surface area contributed by atoms with E-state index < -0.39 is 6.09 Å². The Kier molecular flexibility index (Phi) is 4.45. The molecule has 1 amide bonds. The summed E-state index contributed by atoms with van der Waals surface area (Å²) in [6, 6.07) is 3.21. The van der Waals surface area contributed by atoms with Crippen molar-refractivity contribution in [3.63, 3.8) is 0 Å². The van der Waals surface area contributed by atoms with E-state index >= 15 is 0 Å². The smallest absolute Gasteiger partial charge is 0.411 e. The Morgan fingerprint density at radius 2 is 1.47 bits per heavy atom. The monoisotopic (exact) mass is 241 g/mol. The molecule has 0 atom stereocenters. The number of hydrogen-bond acceptors (Lipinski definition) is 5. The van der Waals surface area contributed by atoms with Crippen molar-refractivity contribution in [1.29, 1.82) is 0 Å². The third-order valence-corrected chi connectivity index (χ3v) is 2.13. The summed E-state index contributed by atoms with van der Waals surface area (Å²) in [6.45, 7) is 0. The van der Waals surface area contributed by atoms with E-state index in [4.69, 9.17) is 14.2 Å². The predicted molar refractivity (Wildman–Crippen MR) is 62.1 cm³/mol. The Balaban J connectivity index is 3.14. The van der Waals surface area contributed by atoms with E-state index in [1.807, 2.05) is 0 Å². The molecular weight excluding hydrogens is 226 g/mol. The number of hydrogen-bond donors (Lipinski definition) is 1. The van der Waals surface area contributed by atoms with E-state index in [1.165, 1.54) is 28.4 Å². The van der Waals surface area contributed by atoms with Crippen LogP contribution in [-0.4, -0.2) is 34.5 Å². The van der Waals surface area contributed by atoms with Gasteiger partial charge in [-0.25, -0.2) is 4.79 Å². The molecule has 1 rings (SSSR count). The van der Waals surface area contributed by atoms with Crippen LogP contribution in [0.3, 0.4) is 0 Å². The standard InChI is InChI=1S/C11H15NO5/c1-14-8-6-10(16-3)9(15-2)5-7(8)12-11(13)17-4/h5-6H,1-4H3,(H,12,13). The van der Waals surface area contributed by atoms with Gasteiger partial charge in [0, 0.05) is 12.1 Å². The molecule has 0 bridgehead atoms. The molecule has 1 N–H and O–H groups in total. The molecule has 6 heteroatoms. The van der Waals surface area contributed by atoms with Gasteiger partial charge in [-0.1, -0.05) is 0 Å². The molecule has 1 aromatic carbocycles. The number of amides is 1. The van der Waals surface area contributed by atoms with Crippen LogP contribution in [0.25, 0.3) is 0 Å². The summed E-state index contributed by atoms with van der Waals surface area (Å²) in [5.41, 5.74) is 0.442. The van der Waals surface area contributed by atoms with Crippen LogP contribution in [0.1, 0.15) is 0 Å². The van der Waals surface area contributed by atoms with Crippen molar-refractivity contribution in [3.8, 4) is 17.2 Å². The van der Waals surface area contributed by atoms with Gasteiger partial charge < -0.3 is 18.9 Å². The second kappa shape index (κ2) is 5.83. The van der Waals surface area contributed by atoms with Gasteiger partial charge in [-0.3, -0.25) is 5.32 Å². The van der Waals surface area contributed by atoms with Gasteiger partial charge >= 0.3 is 6.09 Å². The van der Waals surface area contributed by atoms with Crippen LogP contribution in [0.4, 0.5) is 10.5 Å². The first-order valence-electron chi connectivity index (χ1n) is 4.81. The van der Waals surface area contributed by atoms with E-state index in [9.17, 15) is 4.79 Å². The highest BCUT2D eigenvalue weighted by atomic mass is 16.5. The van der Waals surface area contributed by atoms with E-state index in [0.717, 1.165) is 0 Å². The summed E-state index contributed by atoms with van der Waals surface area (Å²) in [7, 11) is 5.79. The fourth-order valence-electron chi connectivity index (χ4n) is 1.29. The van der Waals surface area contributed by atoms with Gasteiger partial charge in [-0.05, 0) is 0 Å². The zero-order valence-corrected chi connectivity index (χ0v) is 10.2. The van der Waals surface area contributed by atoms with Crippen molar-refractivity contribution in [1.82, 2.24) is 0 Å². The van der Waals surface area contributed by atoms with Crippen molar-refractivity contribution in [2.75, 3.05) is 33.8 Å². The molecular formula is C11H15NO5. The third-order valence-electron chi connectivity index (χ3n) is 2.13. The normalized spacial score (nSPS) is 9.41. The predicted octanol–water partition coefficient (Wildman–Crippen LogP) is 1.89. The van der Waals surface area contributed by atoms with Crippen LogP contribution in [0, 0.1) is 0 Å². The minimum Gasteiger partial charge on any atom is -0.494 e. The first kappa shape index (κ1) is 13.0. The Hall–Kier alpha value is -2.11. The van der Waals surface area contributed by atoms with Crippen molar-refractivity contribution < 1.29 is 23.7 Å². The fraction of sp³-hybridized carbons (Fsp3) is 0.364. The average Bonchev–Trinajstić information content (AvgIpc) is 2.37. The average molecular weight is 241 g/mol. The molecule has 0 aliphatic rings. The van der Waals surface area contributed by atoms with Crippen molar-refractivity contribution in [2.45, 2.75) is 0 Å². The first-order valence-corrected chi connectivity index (χ1v) is 4.81. The van der Waals surface area contributed by atoms with E-state index in [-0.39, 0.29) is 0 Å². The number of methoxy groups -OCH3 is 4. The van der Waals surface area contributed by atoms with Gasteiger partial charge in [-0.15, -0.1) is 0 Å². The molecule has 6 nitrogen and oxygen atoms in total. The van der Waals surface area contributed by atoms with Crippen LogP contribution in [0.2, 0.25) is 0 Å². The Morgan fingerprint density at radius 3 is 1.94 bits per heavy atom. The van der Waals surface area contributed by atoms with E-state index in [0.29, 0.717) is 22.9 Å². The lowest BCUT2D eigenvalue weighted by atomic mass is 10.2. The molecule has 0 aromatic heterocycles. The first-order chi connectivity index (χ1) is 8.15. The summed E-state index contributed by atoms with van der Waals surface area (Å²) in [5.74, 6) is 1.45. The molecule has 0 unspecified atom stereocenters. The third kappa shape index (κ3) is 2.93. The zero-order chi connectivity index (χ0) is 12.8. The molecule has 17 heavy (non-hydrogen) atoms. The maximum absolute atomic E-state index is 11.1. The second-order valence-corrected chi connectivity index (χ2v) is 3.02. The summed E-state index contributed by atoms with van der Waals surface area (Å²) in [5, 5.41) is 2.52. The van der Waals surface area contributed by atoms with E-state index in [1.54, 1.807) is 12.1 Å². The van der Waals surface area contributed by atoms with Crippen LogP contribution in [0.15, 0.2) is 12.1 Å². The van der Waals surface area contributed by atoms with Crippen LogP contribution in [0.5, 0.6) is 17.2 Å². The highest BCUT2D eigenvalue weighted by Crippen LogP contribution is 2.37. The lowest BCUT2D eigenvalue weighted by Crippen LogP contribution is -2.12. The summed E-state index contributed by atoms with van der Waals surface area (Å²) in [6.07, 6.45) is -0.587. The van der Waals surface area contributed by atoms with Gasteiger partial charge in [-0.2, -0.15) is 0 Å². The van der Waals surface area contributed by atoms with Crippen LogP contribution >= 0.6 is 0 Å². The topological polar surface area (TPSA) is 66.0 Å². The summed E-state index contributed by atoms with van der Waals surface area (Å²) >= 11 is 0. The Bertz CT molecular complexity index is 405. The molecule has 1 aromatic rings. The molecule has 0 saturated carbocycles. The summed E-state index contributed by atoms with van der Waals surface area (Å²) in [4.78, 5) is 11.1. The molecule has 0 fully saturated rings. The maximum atomic E-state index is 11.1. The van der Waals surface area contributed by atoms with Gasteiger partial charge in [0.05, 0.1) is 34.1 Å². The summed E-state index contributed by atoms with van der Waals surface area (Å²) < 4.78 is 19.9. The number of rotatable bonds is 4. The fourth-order valence-corrected chi connectivity index (χ4v) is 1.29. The minimum absolute atomic E-state index is 0.442. The number of anilines is 1. The van der Waals surface area contributed by atoms with Gasteiger partial charge in [0.25, 0.3) is 0 Å². The SMILES string of the molecule is COC(=O)Nc1cc(OC)c(OC)cc1OC. The van der Waals surface area contributed by atoms with E-state index in [2.05, 4.69) is 10.1 Å². The number of nitrogens with one attached hydrogen (secondary N) is 1. The quantitative estimate of drug-likeness (QED) is 0.871. The van der Waals surface area contributed by atoms with Crippen molar-refractivity contribution in [2.24, 2.45) is 0 Å². The molecule has 0 radical (unpaired) electrons. The number of carbonyl (C=O) groups excluding carboxylic acids is 1. The Labute approximate surface area is 99.4 Å². The minimum atomic E-state index is -0.587. The number of ether oxygens (including phenoxy) is 4. The van der Waals surface area contributed by atoms with Gasteiger partial charge in [0.15, 0.2) is 11.5 Å². The molecule has 0 saturated heterocycles. The highest BCUT2D eigenvalue weighted by Gasteiger charge is 2.13. The molecule has 94 valence electrons. The molecule has 0 spiro atoms. The molecule has 0 aliphatic carbocycles.